The van der Waals surface area contributed by atoms with Crippen LogP contribution in [0.1, 0.15) is 27.2 Å². The molecule has 1 N–H and O–H groups in total. The van der Waals surface area contributed by atoms with Gasteiger partial charge in [-0.1, -0.05) is 24.3 Å². The van der Waals surface area contributed by atoms with Gasteiger partial charge in [-0.05, 0) is 37.6 Å². The third-order valence-electron chi connectivity index (χ3n) is 4.55. The molecule has 1 amide bonds. The van der Waals surface area contributed by atoms with Crippen molar-refractivity contribution >= 4 is 17.4 Å². The van der Waals surface area contributed by atoms with Gasteiger partial charge in [0.05, 0.1) is 17.0 Å². The van der Waals surface area contributed by atoms with Gasteiger partial charge in [-0.3, -0.25) is 4.79 Å². The molecular weight excluding hydrogens is 395 g/mol. The molecule has 9 heteroatoms. The van der Waals surface area contributed by atoms with Crippen LogP contribution in [0.2, 0.25) is 0 Å². The van der Waals surface area contributed by atoms with Gasteiger partial charge in [0.25, 0.3) is 5.91 Å². The summed E-state index contributed by atoms with van der Waals surface area (Å²) in [6.07, 6.45) is -1.43. The molecule has 3 heterocycles. The van der Waals surface area contributed by atoms with Crippen molar-refractivity contribution in [3.8, 4) is 11.3 Å². The quantitative estimate of drug-likeness (QED) is 0.531. The number of hydrogen-bond donors (Lipinski definition) is 1. The molecule has 0 aliphatic rings. The number of hydrogen-bond acceptors (Lipinski definition) is 4. The van der Waals surface area contributed by atoms with Crippen LogP contribution in [-0.2, 0) is 6.18 Å². The minimum Gasteiger partial charge on any atom is -0.306 e. The Kier molecular flexibility index (Phi) is 4.73. The van der Waals surface area contributed by atoms with Crippen molar-refractivity contribution in [3.63, 3.8) is 0 Å². The van der Waals surface area contributed by atoms with Crippen LogP contribution < -0.4 is 5.32 Å². The summed E-state index contributed by atoms with van der Waals surface area (Å²) >= 11 is 0. The van der Waals surface area contributed by atoms with Crippen molar-refractivity contribution in [2.24, 2.45) is 0 Å². The number of nitrogens with one attached hydrogen (secondary N) is 1. The minimum absolute atomic E-state index is 0.0714. The molecule has 152 valence electrons. The Morgan fingerprint density at radius 1 is 1.07 bits per heavy atom. The van der Waals surface area contributed by atoms with Gasteiger partial charge in [-0.2, -0.15) is 18.3 Å². The molecule has 4 rings (SSSR count). The molecule has 30 heavy (non-hydrogen) atoms. The predicted molar refractivity (Wildman–Crippen MR) is 105 cm³/mol. The van der Waals surface area contributed by atoms with E-state index < -0.39 is 17.6 Å². The predicted octanol–water partition coefficient (Wildman–Crippen LogP) is 4.68. The van der Waals surface area contributed by atoms with E-state index in [1.165, 1.54) is 35.0 Å². The van der Waals surface area contributed by atoms with Gasteiger partial charge in [-0.25, -0.2) is 14.5 Å². The molecule has 0 bridgehead atoms. The number of halogens is 3. The lowest BCUT2D eigenvalue weighted by Crippen LogP contribution is -2.14. The summed E-state index contributed by atoms with van der Waals surface area (Å²) in [6, 6.07) is 10.1. The zero-order valence-electron chi connectivity index (χ0n) is 16.0. The van der Waals surface area contributed by atoms with Crippen molar-refractivity contribution in [2.45, 2.75) is 20.0 Å². The van der Waals surface area contributed by atoms with E-state index in [1.807, 2.05) is 6.92 Å². The van der Waals surface area contributed by atoms with E-state index in [1.54, 1.807) is 25.3 Å². The number of nitrogens with zero attached hydrogens (tertiary/aromatic N) is 4. The fourth-order valence-corrected chi connectivity index (χ4v) is 3.13. The van der Waals surface area contributed by atoms with Gasteiger partial charge in [-0.15, -0.1) is 0 Å². The summed E-state index contributed by atoms with van der Waals surface area (Å²) in [5.74, 6) is -0.143. The zero-order valence-corrected chi connectivity index (χ0v) is 16.0. The van der Waals surface area contributed by atoms with Crippen LogP contribution in [0.3, 0.4) is 0 Å². The van der Waals surface area contributed by atoms with E-state index in [-0.39, 0.29) is 22.5 Å². The van der Waals surface area contributed by atoms with E-state index in [4.69, 9.17) is 0 Å². The smallest absolute Gasteiger partial charge is 0.306 e. The van der Waals surface area contributed by atoms with E-state index in [2.05, 4.69) is 20.4 Å². The first-order valence-corrected chi connectivity index (χ1v) is 9.00. The van der Waals surface area contributed by atoms with E-state index >= 15 is 0 Å². The maximum absolute atomic E-state index is 13.4. The second-order valence-electron chi connectivity index (χ2n) is 6.76. The monoisotopic (exact) mass is 411 g/mol. The fraction of sp³-hybridized carbons (Fsp3) is 0.143. The van der Waals surface area contributed by atoms with Gasteiger partial charge in [0.2, 0.25) is 0 Å². The SMILES string of the molecule is Cc1ccc(NC(=O)c2c(C)nn3ccc(-c4ccccc4C(F)(F)F)nc23)nc1. The maximum atomic E-state index is 13.4. The van der Waals surface area contributed by atoms with Crippen molar-refractivity contribution in [3.05, 3.63) is 77.2 Å². The van der Waals surface area contributed by atoms with Crippen LogP contribution in [0.5, 0.6) is 0 Å². The molecule has 0 aliphatic carbocycles. The van der Waals surface area contributed by atoms with Gasteiger partial charge in [0, 0.05) is 18.0 Å². The highest BCUT2D eigenvalue weighted by Gasteiger charge is 2.33. The number of alkyl halides is 3. The van der Waals surface area contributed by atoms with E-state index in [9.17, 15) is 18.0 Å². The molecule has 0 spiro atoms. The van der Waals surface area contributed by atoms with Crippen LogP contribution in [0.25, 0.3) is 16.9 Å². The summed E-state index contributed by atoms with van der Waals surface area (Å²) in [7, 11) is 0. The lowest BCUT2D eigenvalue weighted by Gasteiger charge is -2.12. The molecule has 1 aromatic carbocycles. The third kappa shape index (κ3) is 3.61. The van der Waals surface area contributed by atoms with Crippen molar-refractivity contribution in [1.82, 2.24) is 19.6 Å². The Morgan fingerprint density at radius 3 is 2.53 bits per heavy atom. The van der Waals surface area contributed by atoms with Crippen molar-refractivity contribution in [2.75, 3.05) is 5.32 Å². The van der Waals surface area contributed by atoms with Crippen LogP contribution in [0.15, 0.2) is 54.9 Å². The first-order valence-electron chi connectivity index (χ1n) is 9.00. The second kappa shape index (κ2) is 7.25. The number of carbonyl (C=O) groups excluding carboxylic acids is 1. The number of carbonyl (C=O) groups is 1. The molecule has 4 aromatic rings. The summed E-state index contributed by atoms with van der Waals surface area (Å²) in [4.78, 5) is 21.3. The first kappa shape index (κ1) is 19.6. The summed E-state index contributed by atoms with van der Waals surface area (Å²) in [5.41, 5.74) is 0.891. The number of aromatic nitrogens is 4. The average Bonchev–Trinajstić information content (AvgIpc) is 3.04. The number of pyridine rings is 1. The van der Waals surface area contributed by atoms with E-state index in [0.717, 1.165) is 11.6 Å². The lowest BCUT2D eigenvalue weighted by molar-refractivity contribution is -0.137. The second-order valence-corrected chi connectivity index (χ2v) is 6.76. The van der Waals surface area contributed by atoms with Crippen LogP contribution in [-0.4, -0.2) is 25.5 Å². The Bertz CT molecular complexity index is 1250. The molecule has 0 saturated heterocycles. The van der Waals surface area contributed by atoms with Crippen molar-refractivity contribution in [1.29, 1.82) is 0 Å². The molecule has 0 radical (unpaired) electrons. The van der Waals surface area contributed by atoms with Gasteiger partial charge >= 0.3 is 6.18 Å². The highest BCUT2D eigenvalue weighted by Crippen LogP contribution is 2.36. The first-order chi connectivity index (χ1) is 14.2. The van der Waals surface area contributed by atoms with Gasteiger partial charge in [0.1, 0.15) is 11.4 Å². The van der Waals surface area contributed by atoms with Crippen LogP contribution >= 0.6 is 0 Å². The molecule has 0 atom stereocenters. The van der Waals surface area contributed by atoms with Crippen LogP contribution in [0, 0.1) is 13.8 Å². The molecular formula is C21H16F3N5O. The highest BCUT2D eigenvalue weighted by atomic mass is 19.4. The number of rotatable bonds is 3. The molecule has 0 saturated carbocycles. The number of fused-ring (bicyclic) bond motifs is 1. The largest absolute Gasteiger partial charge is 0.417 e. The standard InChI is InChI=1S/C21H16F3N5O/c1-12-7-8-17(25-11-12)27-20(30)18-13(2)28-29-10-9-16(26-19(18)29)14-5-3-4-6-15(14)21(22,23)24/h3-11H,1-2H3,(H,25,27,30). The Hall–Kier alpha value is -3.75. The molecule has 0 aliphatic heterocycles. The van der Waals surface area contributed by atoms with Crippen molar-refractivity contribution < 1.29 is 18.0 Å². The van der Waals surface area contributed by atoms with E-state index in [0.29, 0.717) is 11.5 Å². The highest BCUT2D eigenvalue weighted by molar-refractivity contribution is 6.08. The minimum atomic E-state index is -4.53. The number of benzene rings is 1. The summed E-state index contributed by atoms with van der Waals surface area (Å²) in [5, 5.41) is 6.92. The Morgan fingerprint density at radius 2 is 1.83 bits per heavy atom. The molecule has 3 aromatic heterocycles. The number of anilines is 1. The summed E-state index contributed by atoms with van der Waals surface area (Å²) in [6.45, 7) is 3.51. The zero-order chi connectivity index (χ0) is 21.5. The molecule has 0 fully saturated rings. The van der Waals surface area contributed by atoms with Gasteiger partial charge < -0.3 is 5.32 Å². The fourth-order valence-electron chi connectivity index (χ4n) is 3.13. The Labute approximate surface area is 169 Å². The molecule has 0 unspecified atom stereocenters. The summed E-state index contributed by atoms with van der Waals surface area (Å²) < 4.78 is 41.6. The normalized spacial score (nSPS) is 11.6. The number of amides is 1. The topological polar surface area (TPSA) is 72.2 Å². The molecule has 6 nitrogen and oxygen atoms in total. The maximum Gasteiger partial charge on any atom is 0.417 e. The average molecular weight is 411 g/mol. The van der Waals surface area contributed by atoms with Crippen LogP contribution in [0.4, 0.5) is 19.0 Å². The number of aryl methyl sites for hydroxylation is 2. The lowest BCUT2D eigenvalue weighted by atomic mass is 10.0. The van der Waals surface area contributed by atoms with Gasteiger partial charge in [0.15, 0.2) is 5.65 Å². The Balaban J connectivity index is 1.79. The third-order valence-corrected chi connectivity index (χ3v) is 4.55.